The van der Waals surface area contributed by atoms with Gasteiger partial charge >= 0.3 is 0 Å². The van der Waals surface area contributed by atoms with Crippen molar-refractivity contribution < 1.29 is 9.59 Å². The summed E-state index contributed by atoms with van der Waals surface area (Å²) in [5.41, 5.74) is 0. The van der Waals surface area contributed by atoms with Crippen LogP contribution in [0.2, 0.25) is 0 Å². The lowest BCUT2D eigenvalue weighted by Crippen LogP contribution is -2.33. The molecule has 0 radical (unpaired) electrons. The number of amides is 2. The molecule has 6 heteroatoms. The van der Waals surface area contributed by atoms with Crippen molar-refractivity contribution in [1.29, 1.82) is 0 Å². The van der Waals surface area contributed by atoms with Crippen molar-refractivity contribution in [3.05, 3.63) is 16.3 Å². The first-order valence-corrected chi connectivity index (χ1v) is 6.67. The van der Waals surface area contributed by atoms with Crippen molar-refractivity contribution in [2.24, 2.45) is 0 Å². The van der Waals surface area contributed by atoms with Gasteiger partial charge in [-0.1, -0.05) is 0 Å². The summed E-state index contributed by atoms with van der Waals surface area (Å²) < 4.78 is 0. The number of hydrogen-bond donors (Lipinski definition) is 3. The molecule has 0 atom stereocenters. The number of nitrogens with one attached hydrogen (secondary N) is 2. The van der Waals surface area contributed by atoms with Crippen LogP contribution < -0.4 is 10.6 Å². The first kappa shape index (κ1) is 14.1. The molecule has 4 nitrogen and oxygen atoms in total. The van der Waals surface area contributed by atoms with Crippen LogP contribution in [0, 0.1) is 0 Å². The third-order valence-corrected chi connectivity index (χ3v) is 3.26. The van der Waals surface area contributed by atoms with Gasteiger partial charge in [0, 0.05) is 29.3 Å². The SMILES string of the molecule is CC(C)NC(=O)CCNC(=O)c1cc(S)cs1. The van der Waals surface area contributed by atoms with Crippen LogP contribution in [-0.4, -0.2) is 24.4 Å². The van der Waals surface area contributed by atoms with Crippen molar-refractivity contribution in [3.63, 3.8) is 0 Å². The Morgan fingerprint density at radius 2 is 2.18 bits per heavy atom. The van der Waals surface area contributed by atoms with Crippen LogP contribution >= 0.6 is 24.0 Å². The fourth-order valence-corrected chi connectivity index (χ4v) is 2.28. The molecule has 0 saturated heterocycles. The maximum Gasteiger partial charge on any atom is 0.261 e. The second kappa shape index (κ2) is 6.66. The zero-order chi connectivity index (χ0) is 12.8. The number of rotatable bonds is 5. The number of hydrogen-bond acceptors (Lipinski definition) is 4. The molecule has 0 aliphatic carbocycles. The molecule has 1 aromatic heterocycles. The zero-order valence-electron chi connectivity index (χ0n) is 9.82. The topological polar surface area (TPSA) is 58.2 Å². The smallest absolute Gasteiger partial charge is 0.261 e. The normalized spacial score (nSPS) is 10.4. The Kier molecular flexibility index (Phi) is 5.50. The minimum Gasteiger partial charge on any atom is -0.354 e. The second-order valence-electron chi connectivity index (χ2n) is 3.90. The van der Waals surface area contributed by atoms with Gasteiger partial charge in [-0.25, -0.2) is 0 Å². The highest BCUT2D eigenvalue weighted by Gasteiger charge is 2.08. The molecular weight excluding hydrogens is 256 g/mol. The summed E-state index contributed by atoms with van der Waals surface area (Å²) in [6.45, 7) is 4.14. The minimum absolute atomic E-state index is 0.0543. The molecule has 0 aromatic carbocycles. The first-order chi connectivity index (χ1) is 7.99. The van der Waals surface area contributed by atoms with Crippen molar-refractivity contribution in [2.75, 3.05) is 6.54 Å². The van der Waals surface area contributed by atoms with Crippen LogP contribution in [0.4, 0.5) is 0 Å². The number of thiol groups is 1. The fourth-order valence-electron chi connectivity index (χ4n) is 1.22. The Bertz CT molecular complexity index is 402. The second-order valence-corrected chi connectivity index (χ2v) is 5.32. The molecule has 1 rings (SSSR count). The van der Waals surface area contributed by atoms with E-state index in [2.05, 4.69) is 23.3 Å². The third-order valence-electron chi connectivity index (χ3n) is 1.90. The summed E-state index contributed by atoms with van der Waals surface area (Å²) in [7, 11) is 0. The Morgan fingerprint density at radius 1 is 1.47 bits per heavy atom. The lowest BCUT2D eigenvalue weighted by atomic mass is 10.3. The summed E-state index contributed by atoms with van der Waals surface area (Å²) in [5, 5.41) is 7.25. The molecule has 0 saturated carbocycles. The van der Waals surface area contributed by atoms with Gasteiger partial charge in [0.2, 0.25) is 5.91 Å². The standard InChI is InChI=1S/C11H16N2O2S2/c1-7(2)13-10(14)3-4-12-11(15)9-5-8(16)6-17-9/h5-7,16H,3-4H2,1-2H3,(H,12,15)(H,13,14). The van der Waals surface area contributed by atoms with Crippen LogP contribution in [0.25, 0.3) is 0 Å². The van der Waals surface area contributed by atoms with E-state index in [1.54, 1.807) is 11.4 Å². The van der Waals surface area contributed by atoms with Gasteiger partial charge in [-0.2, -0.15) is 0 Å². The number of carbonyl (C=O) groups excluding carboxylic acids is 2. The lowest BCUT2D eigenvalue weighted by Gasteiger charge is -2.08. The molecule has 0 fully saturated rings. The molecule has 2 amide bonds. The van der Waals surface area contributed by atoms with Gasteiger partial charge in [0.05, 0.1) is 4.88 Å². The van der Waals surface area contributed by atoms with E-state index in [-0.39, 0.29) is 17.9 Å². The molecule has 0 bridgehead atoms. The van der Waals surface area contributed by atoms with E-state index < -0.39 is 0 Å². The van der Waals surface area contributed by atoms with E-state index in [0.29, 0.717) is 17.8 Å². The zero-order valence-corrected chi connectivity index (χ0v) is 11.5. The highest BCUT2D eigenvalue weighted by atomic mass is 32.1. The Hall–Kier alpha value is -1.01. The van der Waals surface area contributed by atoms with E-state index in [4.69, 9.17) is 0 Å². The van der Waals surface area contributed by atoms with Gasteiger partial charge < -0.3 is 10.6 Å². The average molecular weight is 272 g/mol. The Balaban J connectivity index is 2.27. The summed E-state index contributed by atoms with van der Waals surface area (Å²) >= 11 is 5.47. The highest BCUT2D eigenvalue weighted by molar-refractivity contribution is 7.80. The predicted molar refractivity (Wildman–Crippen MR) is 71.8 cm³/mol. The van der Waals surface area contributed by atoms with Gasteiger partial charge in [-0.15, -0.1) is 24.0 Å². The Labute approximate surface area is 110 Å². The lowest BCUT2D eigenvalue weighted by molar-refractivity contribution is -0.121. The monoisotopic (exact) mass is 272 g/mol. The predicted octanol–water partition coefficient (Wildman–Crippen LogP) is 1.68. The van der Waals surface area contributed by atoms with Crippen LogP contribution in [0.15, 0.2) is 16.3 Å². The highest BCUT2D eigenvalue weighted by Crippen LogP contribution is 2.17. The van der Waals surface area contributed by atoms with Crippen molar-refractivity contribution >= 4 is 35.8 Å². The van der Waals surface area contributed by atoms with E-state index in [1.165, 1.54) is 11.3 Å². The summed E-state index contributed by atoms with van der Waals surface area (Å²) in [6, 6.07) is 1.83. The largest absolute Gasteiger partial charge is 0.354 e. The summed E-state index contributed by atoms with van der Waals surface area (Å²) in [4.78, 5) is 24.3. The summed E-state index contributed by atoms with van der Waals surface area (Å²) in [6.07, 6.45) is 0.295. The molecule has 0 spiro atoms. The van der Waals surface area contributed by atoms with E-state index >= 15 is 0 Å². The molecule has 1 heterocycles. The first-order valence-electron chi connectivity index (χ1n) is 5.34. The van der Waals surface area contributed by atoms with Crippen LogP contribution in [0.1, 0.15) is 29.9 Å². The average Bonchev–Trinajstić information content (AvgIpc) is 2.63. The third kappa shape index (κ3) is 5.23. The van der Waals surface area contributed by atoms with Crippen molar-refractivity contribution in [1.82, 2.24) is 10.6 Å². The van der Waals surface area contributed by atoms with Gasteiger partial charge in [0.25, 0.3) is 5.91 Å². The van der Waals surface area contributed by atoms with E-state index in [0.717, 1.165) is 4.90 Å². The quantitative estimate of drug-likeness (QED) is 0.714. The van der Waals surface area contributed by atoms with Crippen molar-refractivity contribution in [2.45, 2.75) is 31.2 Å². The molecule has 0 aliphatic rings. The molecular formula is C11H16N2O2S2. The number of carbonyl (C=O) groups is 2. The minimum atomic E-state index is -0.160. The van der Waals surface area contributed by atoms with Crippen LogP contribution in [0.3, 0.4) is 0 Å². The molecule has 2 N–H and O–H groups in total. The van der Waals surface area contributed by atoms with Crippen LogP contribution in [-0.2, 0) is 4.79 Å². The van der Waals surface area contributed by atoms with Gasteiger partial charge in [0.15, 0.2) is 0 Å². The maximum absolute atomic E-state index is 11.6. The van der Waals surface area contributed by atoms with Gasteiger partial charge in [-0.05, 0) is 19.9 Å². The van der Waals surface area contributed by atoms with E-state index in [9.17, 15) is 9.59 Å². The fraction of sp³-hybridized carbons (Fsp3) is 0.455. The molecule has 0 unspecified atom stereocenters. The van der Waals surface area contributed by atoms with E-state index in [1.807, 2.05) is 13.8 Å². The number of thiophene rings is 1. The molecule has 0 aliphatic heterocycles. The molecule has 17 heavy (non-hydrogen) atoms. The Morgan fingerprint density at radius 3 is 2.71 bits per heavy atom. The maximum atomic E-state index is 11.6. The van der Waals surface area contributed by atoms with Gasteiger partial charge in [0.1, 0.15) is 0 Å². The van der Waals surface area contributed by atoms with Crippen molar-refractivity contribution in [3.8, 4) is 0 Å². The molecule has 1 aromatic rings. The van der Waals surface area contributed by atoms with Gasteiger partial charge in [-0.3, -0.25) is 9.59 Å². The molecule has 94 valence electrons. The van der Waals surface area contributed by atoms with Crippen LogP contribution in [0.5, 0.6) is 0 Å². The summed E-state index contributed by atoms with van der Waals surface area (Å²) in [5.74, 6) is -0.214.